The zero-order valence-electron chi connectivity index (χ0n) is 14.2. The van der Waals surface area contributed by atoms with Gasteiger partial charge in [0, 0.05) is 35.5 Å². The van der Waals surface area contributed by atoms with E-state index in [0.29, 0.717) is 5.75 Å². The zero-order chi connectivity index (χ0) is 17.2. The number of H-pyrrole nitrogens is 1. The Bertz CT molecular complexity index is 765. The third-order valence-corrected chi connectivity index (χ3v) is 4.93. The number of hydrogen-bond donors (Lipinski definition) is 2. The molecular formula is C18H22N4O3. The van der Waals surface area contributed by atoms with E-state index in [1.807, 2.05) is 31.3 Å². The highest BCUT2D eigenvalue weighted by Crippen LogP contribution is 2.34. The monoisotopic (exact) mass is 342 g/mol. The van der Waals surface area contributed by atoms with Crippen LogP contribution in [0.3, 0.4) is 0 Å². The minimum Gasteiger partial charge on any atom is -0.454 e. The van der Waals surface area contributed by atoms with E-state index in [1.165, 1.54) is 5.56 Å². The topological polar surface area (TPSA) is 79.5 Å². The van der Waals surface area contributed by atoms with E-state index < -0.39 is 0 Å². The van der Waals surface area contributed by atoms with Gasteiger partial charge < -0.3 is 14.8 Å². The molecule has 7 nitrogen and oxygen atoms in total. The van der Waals surface area contributed by atoms with Crippen molar-refractivity contribution < 1.29 is 14.3 Å². The second-order valence-electron chi connectivity index (χ2n) is 6.63. The molecule has 0 bridgehead atoms. The molecule has 1 saturated heterocycles. The molecule has 25 heavy (non-hydrogen) atoms. The van der Waals surface area contributed by atoms with Gasteiger partial charge in [0.2, 0.25) is 12.7 Å². The van der Waals surface area contributed by atoms with Gasteiger partial charge in [0.05, 0.1) is 6.20 Å². The first kappa shape index (κ1) is 16.0. The van der Waals surface area contributed by atoms with Crippen LogP contribution in [0.25, 0.3) is 0 Å². The van der Waals surface area contributed by atoms with Gasteiger partial charge in [0.25, 0.3) is 0 Å². The molecule has 3 heterocycles. The molecule has 2 aromatic rings. The van der Waals surface area contributed by atoms with E-state index in [9.17, 15) is 4.79 Å². The lowest BCUT2D eigenvalue weighted by molar-refractivity contribution is -0.121. The van der Waals surface area contributed by atoms with E-state index in [0.717, 1.165) is 49.6 Å². The number of anilines is 1. The van der Waals surface area contributed by atoms with Crippen molar-refractivity contribution in [2.24, 2.45) is 5.92 Å². The Kier molecular flexibility index (Phi) is 4.31. The van der Waals surface area contributed by atoms with Crippen LogP contribution in [0.5, 0.6) is 11.5 Å². The summed E-state index contributed by atoms with van der Waals surface area (Å²) in [5, 5.41) is 10.0. The quantitative estimate of drug-likeness (QED) is 0.891. The van der Waals surface area contributed by atoms with Crippen LogP contribution in [0.1, 0.15) is 24.1 Å². The Hall–Kier alpha value is -2.54. The third-order valence-electron chi connectivity index (χ3n) is 4.93. The van der Waals surface area contributed by atoms with Crippen LogP contribution in [-0.4, -0.2) is 40.9 Å². The Morgan fingerprint density at radius 2 is 2.12 bits per heavy atom. The number of nitrogens with one attached hydrogen (secondary N) is 2. The summed E-state index contributed by atoms with van der Waals surface area (Å²) < 4.78 is 10.6. The van der Waals surface area contributed by atoms with Crippen molar-refractivity contribution >= 4 is 11.6 Å². The number of rotatable bonds is 4. The van der Waals surface area contributed by atoms with Crippen LogP contribution >= 0.6 is 0 Å². The summed E-state index contributed by atoms with van der Waals surface area (Å²) in [6.07, 6.45) is 3.62. The van der Waals surface area contributed by atoms with Gasteiger partial charge in [-0.15, -0.1) is 0 Å². The van der Waals surface area contributed by atoms with Gasteiger partial charge in [0.1, 0.15) is 0 Å². The highest BCUT2D eigenvalue weighted by atomic mass is 16.7. The molecule has 0 spiro atoms. The summed E-state index contributed by atoms with van der Waals surface area (Å²) >= 11 is 0. The molecule has 0 atom stereocenters. The number of ether oxygens (including phenoxy) is 2. The Morgan fingerprint density at radius 1 is 1.32 bits per heavy atom. The maximum Gasteiger partial charge on any atom is 0.231 e. The molecule has 1 aromatic carbocycles. The SMILES string of the molecule is Cc1[nH]ncc1CN1CCC(C(=O)Nc2ccc3c(c2)OCO3)CC1. The fraction of sp³-hybridized carbons (Fsp3) is 0.444. The number of hydrogen-bond acceptors (Lipinski definition) is 5. The predicted octanol–water partition coefficient (Wildman–Crippen LogP) is 2.30. The molecule has 2 aliphatic heterocycles. The Labute approximate surface area is 146 Å². The number of aromatic nitrogens is 2. The average Bonchev–Trinajstić information content (AvgIpc) is 3.24. The van der Waals surface area contributed by atoms with Gasteiger partial charge in [-0.1, -0.05) is 0 Å². The zero-order valence-corrected chi connectivity index (χ0v) is 14.2. The lowest BCUT2D eigenvalue weighted by Crippen LogP contribution is -2.37. The summed E-state index contributed by atoms with van der Waals surface area (Å²) in [4.78, 5) is 14.9. The number of benzene rings is 1. The van der Waals surface area contributed by atoms with Gasteiger partial charge in [-0.3, -0.25) is 14.8 Å². The molecule has 0 aliphatic carbocycles. The second kappa shape index (κ2) is 6.76. The van der Waals surface area contributed by atoms with Crippen molar-refractivity contribution in [3.05, 3.63) is 35.7 Å². The Morgan fingerprint density at radius 3 is 2.88 bits per heavy atom. The molecule has 132 valence electrons. The number of aromatic amines is 1. The first-order valence-corrected chi connectivity index (χ1v) is 8.61. The van der Waals surface area contributed by atoms with E-state index in [4.69, 9.17) is 9.47 Å². The van der Waals surface area contributed by atoms with Gasteiger partial charge in [-0.05, 0) is 45.0 Å². The molecule has 0 saturated carbocycles. The molecular weight excluding hydrogens is 320 g/mol. The predicted molar refractivity (Wildman–Crippen MR) is 92.5 cm³/mol. The van der Waals surface area contributed by atoms with E-state index in [-0.39, 0.29) is 18.6 Å². The third kappa shape index (κ3) is 3.46. The summed E-state index contributed by atoms with van der Waals surface area (Å²) in [5.74, 6) is 1.54. The molecule has 7 heteroatoms. The lowest BCUT2D eigenvalue weighted by Gasteiger charge is -2.31. The largest absolute Gasteiger partial charge is 0.454 e. The minimum absolute atomic E-state index is 0.0483. The summed E-state index contributed by atoms with van der Waals surface area (Å²) in [5.41, 5.74) is 3.09. The lowest BCUT2D eigenvalue weighted by atomic mass is 9.95. The van der Waals surface area contributed by atoms with E-state index in [1.54, 1.807) is 0 Å². The van der Waals surface area contributed by atoms with Crippen LogP contribution in [0, 0.1) is 12.8 Å². The fourth-order valence-corrected chi connectivity index (χ4v) is 3.35. The van der Waals surface area contributed by atoms with Crippen molar-refractivity contribution in [3.8, 4) is 11.5 Å². The standard InChI is InChI=1S/C18H22N4O3/c1-12-14(9-19-21-12)10-22-6-4-13(5-7-22)18(23)20-15-2-3-16-17(8-15)25-11-24-16/h2-3,8-9,13H,4-7,10-11H2,1H3,(H,19,21)(H,20,23). The van der Waals surface area contributed by atoms with Crippen LogP contribution in [-0.2, 0) is 11.3 Å². The normalized spacial score (nSPS) is 17.6. The Balaban J connectivity index is 1.30. The maximum absolute atomic E-state index is 12.5. The van der Waals surface area contributed by atoms with Crippen LogP contribution < -0.4 is 14.8 Å². The molecule has 0 radical (unpaired) electrons. The van der Waals surface area contributed by atoms with Crippen LogP contribution in [0.4, 0.5) is 5.69 Å². The summed E-state index contributed by atoms with van der Waals surface area (Å²) in [6, 6.07) is 5.49. The van der Waals surface area contributed by atoms with Gasteiger partial charge in [-0.25, -0.2) is 0 Å². The first-order chi connectivity index (χ1) is 12.2. The van der Waals surface area contributed by atoms with E-state index >= 15 is 0 Å². The van der Waals surface area contributed by atoms with Gasteiger partial charge in [0.15, 0.2) is 11.5 Å². The van der Waals surface area contributed by atoms with Crippen molar-refractivity contribution in [1.29, 1.82) is 0 Å². The highest BCUT2D eigenvalue weighted by Gasteiger charge is 2.26. The molecule has 2 N–H and O–H groups in total. The number of carbonyl (C=O) groups excluding carboxylic acids is 1. The fourth-order valence-electron chi connectivity index (χ4n) is 3.35. The number of fused-ring (bicyclic) bond motifs is 1. The molecule has 1 aromatic heterocycles. The molecule has 4 rings (SSSR count). The summed E-state index contributed by atoms with van der Waals surface area (Å²) in [7, 11) is 0. The number of amides is 1. The molecule has 1 fully saturated rings. The molecule has 1 amide bonds. The maximum atomic E-state index is 12.5. The highest BCUT2D eigenvalue weighted by molar-refractivity contribution is 5.93. The smallest absolute Gasteiger partial charge is 0.231 e. The van der Waals surface area contributed by atoms with Crippen LogP contribution in [0.15, 0.2) is 24.4 Å². The van der Waals surface area contributed by atoms with E-state index in [2.05, 4.69) is 20.4 Å². The van der Waals surface area contributed by atoms with Crippen LogP contribution in [0.2, 0.25) is 0 Å². The number of piperidine rings is 1. The number of carbonyl (C=O) groups is 1. The second-order valence-corrected chi connectivity index (χ2v) is 6.63. The number of likely N-dealkylation sites (tertiary alicyclic amines) is 1. The van der Waals surface area contributed by atoms with Gasteiger partial charge in [-0.2, -0.15) is 5.10 Å². The number of aryl methyl sites for hydroxylation is 1. The first-order valence-electron chi connectivity index (χ1n) is 8.61. The van der Waals surface area contributed by atoms with Crippen molar-refractivity contribution in [1.82, 2.24) is 15.1 Å². The van der Waals surface area contributed by atoms with Crippen molar-refractivity contribution in [2.75, 3.05) is 25.2 Å². The molecule has 2 aliphatic rings. The minimum atomic E-state index is 0.0483. The molecule has 0 unspecified atom stereocenters. The van der Waals surface area contributed by atoms with Gasteiger partial charge >= 0.3 is 0 Å². The van der Waals surface area contributed by atoms with Crippen molar-refractivity contribution in [2.45, 2.75) is 26.3 Å². The summed E-state index contributed by atoms with van der Waals surface area (Å²) in [6.45, 7) is 5.00. The average molecular weight is 342 g/mol. The van der Waals surface area contributed by atoms with Crippen molar-refractivity contribution in [3.63, 3.8) is 0 Å². The number of nitrogens with zero attached hydrogens (tertiary/aromatic N) is 2.